The van der Waals surface area contributed by atoms with Crippen molar-refractivity contribution in [2.24, 2.45) is 0 Å². The average molecular weight is 450 g/mol. The summed E-state index contributed by atoms with van der Waals surface area (Å²) >= 11 is 0. The summed E-state index contributed by atoms with van der Waals surface area (Å²) in [5, 5.41) is 2.97. The van der Waals surface area contributed by atoms with E-state index in [-0.39, 0.29) is 24.8 Å². The van der Waals surface area contributed by atoms with Gasteiger partial charge in [-0.3, -0.25) is 14.2 Å². The summed E-state index contributed by atoms with van der Waals surface area (Å²) in [5.41, 5.74) is 1.35. The van der Waals surface area contributed by atoms with Gasteiger partial charge in [0.05, 0.1) is 29.5 Å². The Balaban J connectivity index is 1.64. The lowest BCUT2D eigenvalue weighted by Gasteiger charge is -2.32. The number of imidazole rings is 1. The van der Waals surface area contributed by atoms with Gasteiger partial charge in [-0.2, -0.15) is 0 Å². The van der Waals surface area contributed by atoms with E-state index in [9.17, 15) is 14.0 Å². The van der Waals surface area contributed by atoms with Crippen LogP contribution in [0, 0.1) is 5.82 Å². The van der Waals surface area contributed by atoms with Crippen LogP contribution in [0.2, 0.25) is 0 Å². The van der Waals surface area contributed by atoms with Gasteiger partial charge in [-0.15, -0.1) is 0 Å². The predicted octanol–water partition coefficient (Wildman–Crippen LogP) is 3.35. The van der Waals surface area contributed by atoms with Gasteiger partial charge in [-0.1, -0.05) is 6.07 Å². The highest BCUT2D eigenvalue weighted by molar-refractivity contribution is 6.01. The Morgan fingerprint density at radius 3 is 2.76 bits per heavy atom. The molecule has 0 saturated carbocycles. The number of carbonyl (C=O) groups is 2. The summed E-state index contributed by atoms with van der Waals surface area (Å²) in [6.07, 6.45) is 3.09. The first kappa shape index (κ1) is 21.0. The molecule has 1 aromatic heterocycles. The smallest absolute Gasteiger partial charge is 0.257 e. The summed E-state index contributed by atoms with van der Waals surface area (Å²) in [6.45, 7) is 5.83. The van der Waals surface area contributed by atoms with Crippen molar-refractivity contribution in [2.75, 3.05) is 6.79 Å². The molecule has 1 unspecified atom stereocenters. The molecule has 3 aromatic rings. The van der Waals surface area contributed by atoms with E-state index in [0.29, 0.717) is 22.9 Å². The molecule has 2 amide bonds. The van der Waals surface area contributed by atoms with Crippen LogP contribution in [-0.2, 0) is 11.3 Å². The number of hydrogen-bond donors (Lipinski definition) is 1. The molecule has 9 heteroatoms. The molecule has 5 rings (SSSR count). The minimum absolute atomic E-state index is 0.0961. The van der Waals surface area contributed by atoms with E-state index >= 15 is 0 Å². The van der Waals surface area contributed by atoms with E-state index in [1.165, 1.54) is 29.4 Å². The molecule has 8 nitrogen and oxygen atoms in total. The van der Waals surface area contributed by atoms with Gasteiger partial charge in [0.15, 0.2) is 17.5 Å². The summed E-state index contributed by atoms with van der Waals surface area (Å²) < 4.78 is 26.7. The molecular formula is C24H23FN4O4. The van der Waals surface area contributed by atoms with Crippen molar-refractivity contribution >= 4 is 11.8 Å². The Hall–Kier alpha value is -3.88. The third-order valence-corrected chi connectivity index (χ3v) is 5.50. The van der Waals surface area contributed by atoms with E-state index in [1.807, 2.05) is 26.8 Å². The number of carbonyl (C=O) groups excluding carboxylic acids is 2. The first-order chi connectivity index (χ1) is 15.7. The number of halogens is 1. The van der Waals surface area contributed by atoms with Crippen LogP contribution >= 0.6 is 0 Å². The van der Waals surface area contributed by atoms with Crippen molar-refractivity contribution in [2.45, 2.75) is 38.9 Å². The SMILES string of the molecule is CC(C)(C)NC(=O)C1c2cncn2-c2ccc(F)cc2C(=O)N1Cc1ccc2c(c1)OCO2. The first-order valence-corrected chi connectivity index (χ1v) is 10.5. The molecule has 33 heavy (non-hydrogen) atoms. The number of aromatic nitrogens is 2. The maximum absolute atomic E-state index is 14.2. The first-order valence-electron chi connectivity index (χ1n) is 10.5. The molecule has 1 atom stereocenters. The quantitative estimate of drug-likeness (QED) is 0.662. The molecule has 0 aliphatic carbocycles. The normalized spacial score (nSPS) is 16.8. The topological polar surface area (TPSA) is 85.7 Å². The minimum atomic E-state index is -0.986. The van der Waals surface area contributed by atoms with E-state index < -0.39 is 23.3 Å². The van der Waals surface area contributed by atoms with Crippen LogP contribution in [0.4, 0.5) is 4.39 Å². The highest BCUT2D eigenvalue weighted by Gasteiger charge is 2.39. The lowest BCUT2D eigenvalue weighted by Crippen LogP contribution is -2.49. The lowest BCUT2D eigenvalue weighted by atomic mass is 10.0. The highest BCUT2D eigenvalue weighted by atomic mass is 19.1. The second-order valence-electron chi connectivity index (χ2n) is 9.11. The van der Waals surface area contributed by atoms with Gasteiger partial charge >= 0.3 is 0 Å². The molecule has 2 aromatic carbocycles. The van der Waals surface area contributed by atoms with Gasteiger partial charge in [0.25, 0.3) is 5.91 Å². The predicted molar refractivity (Wildman–Crippen MR) is 117 cm³/mol. The Bertz CT molecular complexity index is 1260. The largest absolute Gasteiger partial charge is 0.454 e. The Kier molecular flexibility index (Phi) is 4.84. The standard InChI is InChI=1S/C24H23FN4O4/c1-24(2,3)27-22(30)21-18-10-26-12-29(18)17-6-5-15(25)9-16(17)23(31)28(21)11-14-4-7-19-20(8-14)33-13-32-19/h4-10,12,21H,11,13H2,1-3H3,(H,27,30). The lowest BCUT2D eigenvalue weighted by molar-refractivity contribution is -0.127. The molecule has 2 aliphatic heterocycles. The van der Waals surface area contributed by atoms with Gasteiger partial charge in [0, 0.05) is 12.1 Å². The van der Waals surface area contributed by atoms with E-state index in [4.69, 9.17) is 9.47 Å². The van der Waals surface area contributed by atoms with Crippen molar-refractivity contribution in [3.05, 3.63) is 71.6 Å². The van der Waals surface area contributed by atoms with Crippen LogP contribution in [0.1, 0.15) is 48.4 Å². The molecular weight excluding hydrogens is 427 g/mol. The van der Waals surface area contributed by atoms with Crippen LogP contribution < -0.4 is 14.8 Å². The van der Waals surface area contributed by atoms with Crippen molar-refractivity contribution in [1.82, 2.24) is 19.8 Å². The Labute approximate surface area is 189 Å². The maximum Gasteiger partial charge on any atom is 0.257 e. The number of amides is 2. The number of benzene rings is 2. The van der Waals surface area contributed by atoms with Gasteiger partial charge in [0.1, 0.15) is 5.82 Å². The van der Waals surface area contributed by atoms with Crippen LogP contribution in [0.3, 0.4) is 0 Å². The molecule has 0 fully saturated rings. The third kappa shape index (κ3) is 3.79. The molecule has 0 radical (unpaired) electrons. The van der Waals surface area contributed by atoms with Gasteiger partial charge < -0.3 is 19.7 Å². The fourth-order valence-electron chi connectivity index (χ4n) is 4.14. The molecule has 2 aliphatic rings. The fourth-order valence-corrected chi connectivity index (χ4v) is 4.14. The zero-order valence-corrected chi connectivity index (χ0v) is 18.5. The highest BCUT2D eigenvalue weighted by Crippen LogP contribution is 2.36. The Morgan fingerprint density at radius 2 is 1.97 bits per heavy atom. The van der Waals surface area contributed by atoms with Crippen molar-refractivity contribution in [3.8, 4) is 17.2 Å². The van der Waals surface area contributed by atoms with E-state index in [2.05, 4.69) is 10.3 Å². The molecule has 0 bridgehead atoms. The summed E-state index contributed by atoms with van der Waals surface area (Å²) in [6, 6.07) is 8.38. The molecule has 1 N–H and O–H groups in total. The number of nitrogens with zero attached hydrogens (tertiary/aromatic N) is 3. The molecule has 0 spiro atoms. The van der Waals surface area contributed by atoms with Crippen LogP contribution in [0.25, 0.3) is 5.69 Å². The van der Waals surface area contributed by atoms with Crippen LogP contribution in [-0.4, -0.2) is 38.6 Å². The number of nitrogens with one attached hydrogen (secondary N) is 1. The molecule has 0 saturated heterocycles. The van der Waals surface area contributed by atoms with Crippen LogP contribution in [0.15, 0.2) is 48.9 Å². The summed E-state index contributed by atoms with van der Waals surface area (Å²) in [5.74, 6) is -0.161. The number of ether oxygens (including phenoxy) is 2. The van der Waals surface area contributed by atoms with Crippen molar-refractivity contribution in [3.63, 3.8) is 0 Å². The average Bonchev–Trinajstić information content (AvgIpc) is 3.39. The Morgan fingerprint density at radius 1 is 1.18 bits per heavy atom. The van der Waals surface area contributed by atoms with Gasteiger partial charge in [-0.25, -0.2) is 9.37 Å². The van der Waals surface area contributed by atoms with Crippen molar-refractivity contribution in [1.29, 1.82) is 0 Å². The number of rotatable bonds is 3. The van der Waals surface area contributed by atoms with E-state index in [1.54, 1.807) is 22.9 Å². The van der Waals surface area contributed by atoms with Gasteiger partial charge in [-0.05, 0) is 56.7 Å². The zero-order chi connectivity index (χ0) is 23.3. The number of hydrogen-bond acceptors (Lipinski definition) is 5. The summed E-state index contributed by atoms with van der Waals surface area (Å²) in [7, 11) is 0. The zero-order valence-electron chi connectivity index (χ0n) is 18.5. The second kappa shape index (κ2) is 7.61. The molecule has 3 heterocycles. The van der Waals surface area contributed by atoms with Gasteiger partial charge in [0.2, 0.25) is 12.7 Å². The maximum atomic E-state index is 14.2. The van der Waals surface area contributed by atoms with Crippen molar-refractivity contribution < 1.29 is 23.5 Å². The fraction of sp³-hybridized carbons (Fsp3) is 0.292. The minimum Gasteiger partial charge on any atom is -0.454 e. The molecule has 170 valence electrons. The van der Waals surface area contributed by atoms with Crippen LogP contribution in [0.5, 0.6) is 11.5 Å². The summed E-state index contributed by atoms with van der Waals surface area (Å²) in [4.78, 5) is 32.9. The third-order valence-electron chi connectivity index (χ3n) is 5.50. The van der Waals surface area contributed by atoms with E-state index in [0.717, 1.165) is 5.56 Å². The monoisotopic (exact) mass is 450 g/mol. The second-order valence-corrected chi connectivity index (χ2v) is 9.11. The number of fused-ring (bicyclic) bond motifs is 4.